The van der Waals surface area contributed by atoms with Crippen molar-refractivity contribution >= 4 is 22.7 Å². The average Bonchev–Trinajstić information content (AvgIpc) is 3.17. The second kappa shape index (κ2) is 5.54. The molecule has 2 aromatic rings. The number of rotatable bonds is 3. The van der Waals surface area contributed by atoms with Crippen LogP contribution >= 0.6 is 11.3 Å². The van der Waals surface area contributed by atoms with Crippen LogP contribution < -0.4 is 4.90 Å². The smallest absolute Gasteiger partial charge is 0.293 e. The Labute approximate surface area is 126 Å². The summed E-state index contributed by atoms with van der Waals surface area (Å²) in [5.41, 5.74) is 2.14. The topological polar surface area (TPSA) is 70.2 Å². The van der Waals surface area contributed by atoms with Crippen LogP contribution in [-0.4, -0.2) is 11.5 Å². The van der Waals surface area contributed by atoms with Gasteiger partial charge in [-0.05, 0) is 47.4 Å². The minimum absolute atomic E-state index is 0.0104. The van der Waals surface area contributed by atoms with Gasteiger partial charge < -0.3 is 4.90 Å². The predicted octanol–water partition coefficient (Wildman–Crippen LogP) is 3.87. The summed E-state index contributed by atoms with van der Waals surface area (Å²) in [7, 11) is 0. The first kappa shape index (κ1) is 13.6. The lowest BCUT2D eigenvalue weighted by Crippen LogP contribution is -2.23. The number of thiophene rings is 1. The van der Waals surface area contributed by atoms with Crippen molar-refractivity contribution in [3.8, 4) is 6.07 Å². The van der Waals surface area contributed by atoms with E-state index in [4.69, 9.17) is 5.26 Å². The van der Waals surface area contributed by atoms with E-state index in [2.05, 4.69) is 16.3 Å². The van der Waals surface area contributed by atoms with E-state index in [0.717, 1.165) is 19.4 Å². The van der Waals surface area contributed by atoms with Crippen LogP contribution in [0.3, 0.4) is 0 Å². The molecule has 0 amide bonds. The summed E-state index contributed by atoms with van der Waals surface area (Å²) in [4.78, 5) is 13.0. The fourth-order valence-corrected chi connectivity index (χ4v) is 3.56. The van der Waals surface area contributed by atoms with E-state index in [1.54, 1.807) is 23.5 Å². The van der Waals surface area contributed by atoms with Crippen molar-refractivity contribution in [2.75, 3.05) is 11.4 Å². The molecule has 0 unspecified atom stereocenters. The van der Waals surface area contributed by atoms with Gasteiger partial charge in [0.2, 0.25) is 0 Å². The van der Waals surface area contributed by atoms with Crippen LogP contribution in [0.4, 0.5) is 11.4 Å². The van der Waals surface area contributed by atoms with Gasteiger partial charge in [-0.3, -0.25) is 10.1 Å². The van der Waals surface area contributed by atoms with Gasteiger partial charge in [-0.15, -0.1) is 0 Å². The van der Waals surface area contributed by atoms with Crippen LogP contribution in [-0.2, 0) is 0 Å². The molecule has 3 rings (SSSR count). The number of nitro benzene ring substituents is 1. The maximum absolute atomic E-state index is 11.3. The van der Waals surface area contributed by atoms with Crippen molar-refractivity contribution in [3.63, 3.8) is 0 Å². The van der Waals surface area contributed by atoms with E-state index in [1.807, 2.05) is 11.4 Å². The van der Waals surface area contributed by atoms with Crippen molar-refractivity contribution in [3.05, 3.63) is 56.3 Å². The number of hydrogen-bond acceptors (Lipinski definition) is 5. The van der Waals surface area contributed by atoms with Crippen molar-refractivity contribution < 1.29 is 4.92 Å². The largest absolute Gasteiger partial charge is 0.359 e. The Morgan fingerprint density at radius 1 is 1.43 bits per heavy atom. The highest BCUT2D eigenvalue weighted by Gasteiger charge is 2.31. The first-order valence-corrected chi connectivity index (χ1v) is 7.62. The van der Waals surface area contributed by atoms with Crippen LogP contribution in [0.15, 0.2) is 35.0 Å². The number of nitrogens with zero attached hydrogens (tertiary/aromatic N) is 3. The summed E-state index contributed by atoms with van der Waals surface area (Å²) >= 11 is 1.64. The Balaban J connectivity index is 2.03. The molecule has 1 aliphatic heterocycles. The second-order valence-electron chi connectivity index (χ2n) is 4.98. The van der Waals surface area contributed by atoms with Crippen LogP contribution in [0.2, 0.25) is 0 Å². The van der Waals surface area contributed by atoms with Gasteiger partial charge in [0.1, 0.15) is 5.69 Å². The zero-order valence-corrected chi connectivity index (χ0v) is 12.0. The SMILES string of the molecule is N#Cc1ccc(N2CCC[C@H]2c2ccsc2)c([N+](=O)[O-])c1. The van der Waals surface area contributed by atoms with Gasteiger partial charge in [0.15, 0.2) is 0 Å². The molecule has 1 aliphatic rings. The molecule has 1 aromatic carbocycles. The molecule has 1 saturated heterocycles. The quantitative estimate of drug-likeness (QED) is 0.637. The molecule has 0 bridgehead atoms. The molecule has 5 nitrogen and oxygen atoms in total. The lowest BCUT2D eigenvalue weighted by molar-refractivity contribution is -0.384. The van der Waals surface area contributed by atoms with Crippen molar-refractivity contribution in [2.24, 2.45) is 0 Å². The molecule has 0 aliphatic carbocycles. The number of hydrogen-bond donors (Lipinski definition) is 0. The number of anilines is 1. The molecular weight excluding hydrogens is 286 g/mol. The van der Waals surface area contributed by atoms with Crippen LogP contribution in [0.1, 0.15) is 30.0 Å². The normalized spacial score (nSPS) is 17.7. The molecular formula is C15H13N3O2S. The Morgan fingerprint density at radius 2 is 2.29 bits per heavy atom. The molecule has 6 heteroatoms. The highest BCUT2D eigenvalue weighted by molar-refractivity contribution is 7.08. The Kier molecular flexibility index (Phi) is 3.59. The summed E-state index contributed by atoms with van der Waals surface area (Å²) in [5, 5.41) is 24.4. The van der Waals surface area contributed by atoms with Gasteiger partial charge in [0, 0.05) is 12.6 Å². The Morgan fingerprint density at radius 3 is 2.95 bits per heavy atom. The summed E-state index contributed by atoms with van der Waals surface area (Å²) in [6.07, 6.45) is 2.01. The van der Waals surface area contributed by atoms with Crippen LogP contribution in [0.25, 0.3) is 0 Å². The predicted molar refractivity (Wildman–Crippen MR) is 81.5 cm³/mol. The molecule has 0 spiro atoms. The van der Waals surface area contributed by atoms with E-state index >= 15 is 0 Å². The van der Waals surface area contributed by atoms with Gasteiger partial charge in [-0.2, -0.15) is 16.6 Å². The molecule has 21 heavy (non-hydrogen) atoms. The highest BCUT2D eigenvalue weighted by Crippen LogP contribution is 2.41. The molecule has 2 heterocycles. The molecule has 0 N–H and O–H groups in total. The summed E-state index contributed by atoms with van der Waals surface area (Å²) in [6, 6.07) is 8.91. The number of nitro groups is 1. The van der Waals surface area contributed by atoms with Crippen LogP contribution in [0, 0.1) is 21.4 Å². The van der Waals surface area contributed by atoms with Crippen molar-refractivity contribution in [2.45, 2.75) is 18.9 Å². The maximum Gasteiger partial charge on any atom is 0.293 e. The zero-order valence-electron chi connectivity index (χ0n) is 11.2. The first-order chi connectivity index (χ1) is 10.2. The minimum Gasteiger partial charge on any atom is -0.359 e. The first-order valence-electron chi connectivity index (χ1n) is 6.68. The molecule has 0 saturated carbocycles. The van der Waals surface area contributed by atoms with Gasteiger partial charge in [-0.25, -0.2) is 0 Å². The standard InChI is InChI=1S/C15H13N3O2S/c16-9-11-3-4-14(15(8-11)18(19)20)17-6-1-2-13(17)12-5-7-21-10-12/h3-5,7-8,10,13H,1-2,6H2/t13-/m0/s1. The lowest BCUT2D eigenvalue weighted by Gasteiger charge is -2.26. The number of benzene rings is 1. The second-order valence-corrected chi connectivity index (χ2v) is 5.76. The molecule has 1 aromatic heterocycles. The third kappa shape index (κ3) is 2.48. The fraction of sp³-hybridized carbons (Fsp3) is 0.267. The molecule has 0 radical (unpaired) electrons. The van der Waals surface area contributed by atoms with E-state index in [9.17, 15) is 10.1 Å². The van der Waals surface area contributed by atoms with Gasteiger partial charge >= 0.3 is 0 Å². The average molecular weight is 299 g/mol. The summed E-state index contributed by atoms with van der Waals surface area (Å²) < 4.78 is 0. The lowest BCUT2D eigenvalue weighted by atomic mass is 10.1. The molecule has 1 atom stereocenters. The monoisotopic (exact) mass is 299 g/mol. The molecule has 106 valence electrons. The van der Waals surface area contributed by atoms with E-state index in [1.165, 1.54) is 11.6 Å². The Bertz CT molecular complexity index is 706. The van der Waals surface area contributed by atoms with Gasteiger partial charge in [-0.1, -0.05) is 0 Å². The third-order valence-electron chi connectivity index (χ3n) is 3.79. The summed E-state index contributed by atoms with van der Waals surface area (Å²) in [5.74, 6) is 0. The van der Waals surface area contributed by atoms with Gasteiger partial charge in [0.25, 0.3) is 5.69 Å². The minimum atomic E-state index is -0.404. The zero-order chi connectivity index (χ0) is 14.8. The van der Waals surface area contributed by atoms with E-state index in [0.29, 0.717) is 11.3 Å². The van der Waals surface area contributed by atoms with Gasteiger partial charge in [0.05, 0.1) is 22.6 Å². The van der Waals surface area contributed by atoms with E-state index in [-0.39, 0.29) is 11.7 Å². The van der Waals surface area contributed by atoms with E-state index < -0.39 is 4.92 Å². The maximum atomic E-state index is 11.3. The highest BCUT2D eigenvalue weighted by atomic mass is 32.1. The van der Waals surface area contributed by atoms with Crippen molar-refractivity contribution in [1.82, 2.24) is 0 Å². The molecule has 1 fully saturated rings. The van der Waals surface area contributed by atoms with Crippen molar-refractivity contribution in [1.29, 1.82) is 5.26 Å². The summed E-state index contributed by atoms with van der Waals surface area (Å²) in [6.45, 7) is 0.799. The van der Waals surface area contributed by atoms with Crippen LogP contribution in [0.5, 0.6) is 0 Å². The third-order valence-corrected chi connectivity index (χ3v) is 4.49. The fourth-order valence-electron chi connectivity index (χ4n) is 2.85. The number of nitriles is 1. The Hall–Kier alpha value is -2.39.